The van der Waals surface area contributed by atoms with Gasteiger partial charge in [0, 0.05) is 34.5 Å². The Morgan fingerprint density at radius 1 is 1.13 bits per heavy atom. The van der Waals surface area contributed by atoms with Crippen LogP contribution in [0.3, 0.4) is 0 Å². The zero-order valence-electron chi connectivity index (χ0n) is 15.6. The van der Waals surface area contributed by atoms with Gasteiger partial charge in [0.15, 0.2) is 16.5 Å². The molecule has 2 aliphatic rings. The second-order valence-corrected chi connectivity index (χ2v) is 8.80. The lowest BCUT2D eigenvalue weighted by Gasteiger charge is -2.32. The smallest absolute Gasteiger partial charge is 0.264 e. The second-order valence-electron chi connectivity index (χ2n) is 7.40. The number of oxazole rings is 1. The molecule has 9 heteroatoms. The van der Waals surface area contributed by atoms with Crippen LogP contribution in [0.25, 0.3) is 11.1 Å². The monoisotopic (exact) mass is 438 g/mol. The summed E-state index contributed by atoms with van der Waals surface area (Å²) in [4.78, 5) is 21.9. The lowest BCUT2D eigenvalue weighted by atomic mass is 9.72. The number of ketones is 1. The number of nitrogens with zero attached hydrogens (tertiary/aromatic N) is 3. The molecule has 1 aliphatic carbocycles. The summed E-state index contributed by atoms with van der Waals surface area (Å²) in [6.07, 6.45) is 3.97. The van der Waals surface area contributed by atoms with Crippen molar-refractivity contribution in [3.8, 4) is 0 Å². The Bertz CT molecular complexity index is 1320. The zero-order valence-corrected chi connectivity index (χ0v) is 17.2. The predicted molar refractivity (Wildman–Crippen MR) is 112 cm³/mol. The Hall–Kier alpha value is -2.84. The molecule has 1 N–H and O–H groups in total. The number of benzene rings is 1. The van der Waals surface area contributed by atoms with Gasteiger partial charge in [0.25, 0.3) is 5.22 Å². The minimum Gasteiger partial charge on any atom is -0.454 e. The summed E-state index contributed by atoms with van der Waals surface area (Å²) in [7, 11) is 0. The third kappa shape index (κ3) is 2.90. The molecule has 6 rings (SSSR count). The quantitative estimate of drug-likeness (QED) is 0.451. The SMILES string of the molecule is O=C1CCCC2=Nc3[nH]ncc3C(c3ccc(Sc4nc5cc(Cl)ccc5o4)o3)C12. The molecule has 0 radical (unpaired) electrons. The lowest BCUT2D eigenvalue weighted by Crippen LogP contribution is -2.36. The van der Waals surface area contributed by atoms with Gasteiger partial charge < -0.3 is 8.83 Å². The Morgan fingerprint density at radius 3 is 3.00 bits per heavy atom. The third-order valence-electron chi connectivity index (χ3n) is 5.56. The fourth-order valence-corrected chi connectivity index (χ4v) is 5.14. The fourth-order valence-electron chi connectivity index (χ4n) is 4.26. The van der Waals surface area contributed by atoms with Gasteiger partial charge in [0.1, 0.15) is 17.1 Å². The zero-order chi connectivity index (χ0) is 20.2. The van der Waals surface area contributed by atoms with Crippen LogP contribution in [0.5, 0.6) is 0 Å². The van der Waals surface area contributed by atoms with Gasteiger partial charge in [-0.05, 0) is 43.2 Å². The highest BCUT2D eigenvalue weighted by Gasteiger charge is 2.42. The van der Waals surface area contributed by atoms with Crippen LogP contribution in [-0.2, 0) is 4.79 Å². The fraction of sp³-hybridized carbons (Fsp3) is 0.238. The molecular weight excluding hydrogens is 424 g/mol. The minimum absolute atomic E-state index is 0.207. The van der Waals surface area contributed by atoms with E-state index in [0.717, 1.165) is 24.1 Å². The average Bonchev–Trinajstić information content (AvgIpc) is 3.45. The average molecular weight is 439 g/mol. The number of carbonyl (C=O) groups is 1. The molecule has 150 valence electrons. The number of carbonyl (C=O) groups excluding carboxylic acids is 1. The number of fused-ring (bicyclic) bond motifs is 3. The number of aliphatic imine (C=N–C) groups is 1. The number of rotatable bonds is 3. The summed E-state index contributed by atoms with van der Waals surface area (Å²) in [6, 6.07) is 9.10. The molecule has 1 aromatic carbocycles. The van der Waals surface area contributed by atoms with E-state index in [1.807, 2.05) is 12.1 Å². The summed E-state index contributed by atoms with van der Waals surface area (Å²) in [5.74, 6) is 1.11. The maximum atomic E-state index is 12.8. The highest BCUT2D eigenvalue weighted by atomic mass is 35.5. The first-order chi connectivity index (χ1) is 14.7. The summed E-state index contributed by atoms with van der Waals surface area (Å²) < 4.78 is 11.9. The number of furan rings is 1. The number of hydrogen-bond donors (Lipinski definition) is 1. The van der Waals surface area contributed by atoms with Gasteiger partial charge in [0.2, 0.25) is 0 Å². The van der Waals surface area contributed by atoms with Crippen LogP contribution in [0.4, 0.5) is 5.82 Å². The highest BCUT2D eigenvalue weighted by molar-refractivity contribution is 7.99. The topological polar surface area (TPSA) is 97.3 Å². The highest BCUT2D eigenvalue weighted by Crippen LogP contribution is 2.46. The third-order valence-corrected chi connectivity index (χ3v) is 6.56. The predicted octanol–water partition coefficient (Wildman–Crippen LogP) is 5.54. The van der Waals surface area contributed by atoms with E-state index in [4.69, 9.17) is 20.4 Å². The number of Topliss-reactive ketones (excluding diaryl/α,β-unsaturated/α-hetero) is 1. The van der Waals surface area contributed by atoms with Crippen molar-refractivity contribution < 1.29 is 13.6 Å². The molecule has 0 saturated heterocycles. The summed E-state index contributed by atoms with van der Waals surface area (Å²) >= 11 is 7.32. The number of aromatic amines is 1. The molecule has 0 amide bonds. The number of nitrogens with one attached hydrogen (secondary N) is 1. The largest absolute Gasteiger partial charge is 0.454 e. The van der Waals surface area contributed by atoms with E-state index in [1.54, 1.807) is 24.4 Å². The molecule has 0 spiro atoms. The Morgan fingerprint density at radius 2 is 2.07 bits per heavy atom. The van der Waals surface area contributed by atoms with Crippen molar-refractivity contribution in [2.24, 2.45) is 10.9 Å². The summed E-state index contributed by atoms with van der Waals surface area (Å²) in [5, 5.41) is 8.80. The van der Waals surface area contributed by atoms with E-state index in [-0.39, 0.29) is 17.6 Å². The molecule has 30 heavy (non-hydrogen) atoms. The Labute approximate surface area is 179 Å². The van der Waals surface area contributed by atoms with E-state index in [1.165, 1.54) is 11.8 Å². The van der Waals surface area contributed by atoms with Crippen molar-refractivity contribution in [2.75, 3.05) is 0 Å². The normalized spacial score (nSPS) is 20.8. The van der Waals surface area contributed by atoms with E-state index in [9.17, 15) is 4.79 Å². The minimum atomic E-state index is -0.292. The van der Waals surface area contributed by atoms with Crippen LogP contribution in [0.1, 0.15) is 36.5 Å². The van der Waals surface area contributed by atoms with Crippen LogP contribution in [-0.4, -0.2) is 26.7 Å². The second kappa shape index (κ2) is 6.85. The summed E-state index contributed by atoms with van der Waals surface area (Å²) in [5.41, 5.74) is 3.16. The van der Waals surface area contributed by atoms with Gasteiger partial charge in [-0.25, -0.2) is 9.98 Å². The van der Waals surface area contributed by atoms with Crippen LogP contribution < -0.4 is 0 Å². The number of H-pyrrole nitrogens is 1. The number of halogens is 1. The van der Waals surface area contributed by atoms with E-state index < -0.39 is 0 Å². The number of hydrogen-bond acceptors (Lipinski definition) is 7. The van der Waals surface area contributed by atoms with Gasteiger partial charge >= 0.3 is 0 Å². The van der Waals surface area contributed by atoms with Crippen LogP contribution in [0, 0.1) is 5.92 Å². The Balaban J connectivity index is 1.34. The van der Waals surface area contributed by atoms with Crippen molar-refractivity contribution in [1.29, 1.82) is 0 Å². The first-order valence-electron chi connectivity index (χ1n) is 9.63. The van der Waals surface area contributed by atoms with Crippen molar-refractivity contribution in [3.63, 3.8) is 0 Å². The van der Waals surface area contributed by atoms with Crippen molar-refractivity contribution in [2.45, 2.75) is 35.5 Å². The van der Waals surface area contributed by atoms with Crippen LogP contribution in [0.2, 0.25) is 5.02 Å². The number of aromatic nitrogens is 3. The van der Waals surface area contributed by atoms with Gasteiger partial charge in [0.05, 0.1) is 18.0 Å². The lowest BCUT2D eigenvalue weighted by molar-refractivity contribution is -0.122. The first kappa shape index (κ1) is 18.0. The molecule has 7 nitrogen and oxygen atoms in total. The van der Waals surface area contributed by atoms with Crippen molar-refractivity contribution >= 4 is 51.8 Å². The molecule has 1 aliphatic heterocycles. The molecule has 0 bridgehead atoms. The molecule has 1 fully saturated rings. The van der Waals surface area contributed by atoms with Crippen LogP contribution >= 0.6 is 23.4 Å². The van der Waals surface area contributed by atoms with Crippen molar-refractivity contribution in [1.82, 2.24) is 15.2 Å². The van der Waals surface area contributed by atoms with E-state index in [2.05, 4.69) is 20.2 Å². The molecule has 2 atom stereocenters. The van der Waals surface area contributed by atoms with E-state index in [0.29, 0.717) is 44.4 Å². The maximum absolute atomic E-state index is 12.8. The van der Waals surface area contributed by atoms with Crippen LogP contribution in [0.15, 0.2) is 60.7 Å². The Kier molecular flexibility index (Phi) is 4.10. The van der Waals surface area contributed by atoms with Gasteiger partial charge in [-0.1, -0.05) is 11.6 Å². The van der Waals surface area contributed by atoms with Gasteiger partial charge in [-0.2, -0.15) is 5.10 Å². The molecule has 1 saturated carbocycles. The first-order valence-corrected chi connectivity index (χ1v) is 10.8. The molecular formula is C21H15ClN4O3S. The molecule has 4 aromatic rings. The maximum Gasteiger partial charge on any atom is 0.264 e. The molecule has 2 unspecified atom stereocenters. The standard InChI is InChI=1S/C21H15ClN4O3S/c22-10-4-5-15-13(8-10)25-21(29-15)30-17-7-6-16(28-17)18-11-9-23-26-20(11)24-12-2-1-3-14(27)19(12)18/h4-9,18-19H,1-3H2,(H,23,26). The van der Waals surface area contributed by atoms with E-state index >= 15 is 0 Å². The summed E-state index contributed by atoms with van der Waals surface area (Å²) in [6.45, 7) is 0. The van der Waals surface area contributed by atoms with Crippen molar-refractivity contribution in [3.05, 3.63) is 52.9 Å². The van der Waals surface area contributed by atoms with Gasteiger partial charge in [-0.15, -0.1) is 0 Å². The molecule has 4 heterocycles. The molecule has 3 aromatic heterocycles. The van der Waals surface area contributed by atoms with Gasteiger partial charge in [-0.3, -0.25) is 9.89 Å².